The van der Waals surface area contributed by atoms with Crippen molar-refractivity contribution in [3.05, 3.63) is 26.6 Å². The first-order valence-electron chi connectivity index (χ1n) is 5.60. The minimum Gasteiger partial charge on any atom is -0.372 e. The van der Waals surface area contributed by atoms with Crippen LogP contribution in [0.2, 0.25) is 0 Å². The van der Waals surface area contributed by atoms with E-state index in [1.165, 1.54) is 7.05 Å². The van der Waals surface area contributed by atoms with Crippen LogP contribution in [0.15, 0.2) is 21.1 Å². The Morgan fingerprint density at radius 3 is 2.21 bits per heavy atom. The summed E-state index contributed by atoms with van der Waals surface area (Å²) >= 11 is 6.87. The van der Waals surface area contributed by atoms with Crippen LogP contribution >= 0.6 is 31.9 Å². The van der Waals surface area contributed by atoms with Crippen LogP contribution in [0, 0.1) is 6.92 Å². The summed E-state index contributed by atoms with van der Waals surface area (Å²) in [7, 11) is 1.45. The second kappa shape index (κ2) is 6.91. The van der Waals surface area contributed by atoms with Crippen molar-refractivity contribution in [2.45, 2.75) is 19.9 Å². The average Bonchev–Trinajstić information content (AvgIpc) is 2.32. The maximum Gasteiger partial charge on any atom is 0.321 e. The molecule has 3 N–H and O–H groups in total. The molecule has 0 heterocycles. The Morgan fingerprint density at radius 2 is 1.74 bits per heavy atom. The van der Waals surface area contributed by atoms with Gasteiger partial charge in [0.2, 0.25) is 5.91 Å². The fourth-order valence-electron chi connectivity index (χ4n) is 1.40. The summed E-state index contributed by atoms with van der Waals surface area (Å²) in [5, 5.41) is 7.59. The summed E-state index contributed by atoms with van der Waals surface area (Å²) in [6.45, 7) is 3.65. The molecule has 1 aromatic rings. The van der Waals surface area contributed by atoms with Crippen LogP contribution in [0.5, 0.6) is 0 Å². The Kier molecular flexibility index (Phi) is 5.81. The fraction of sp³-hybridized carbons (Fsp3) is 0.333. The molecule has 0 aromatic heterocycles. The Hall–Kier alpha value is -1.08. The van der Waals surface area contributed by atoms with E-state index in [-0.39, 0.29) is 0 Å². The first-order valence-corrected chi connectivity index (χ1v) is 7.18. The van der Waals surface area contributed by atoms with Crippen LogP contribution in [0.4, 0.5) is 10.5 Å². The van der Waals surface area contributed by atoms with E-state index in [0.29, 0.717) is 0 Å². The molecule has 0 bridgehead atoms. The molecule has 1 unspecified atom stereocenters. The molecule has 0 spiro atoms. The van der Waals surface area contributed by atoms with Crippen molar-refractivity contribution in [1.29, 1.82) is 0 Å². The van der Waals surface area contributed by atoms with E-state index in [4.69, 9.17) is 0 Å². The van der Waals surface area contributed by atoms with Crippen molar-refractivity contribution in [2.75, 3.05) is 12.4 Å². The molecule has 5 nitrogen and oxygen atoms in total. The lowest BCUT2D eigenvalue weighted by molar-refractivity contribution is -0.120. The number of nitrogens with one attached hydrogen (secondary N) is 3. The lowest BCUT2D eigenvalue weighted by Gasteiger charge is -2.17. The number of aryl methyl sites for hydroxylation is 1. The van der Waals surface area contributed by atoms with E-state index in [2.05, 4.69) is 47.8 Å². The van der Waals surface area contributed by atoms with Gasteiger partial charge in [0.1, 0.15) is 6.04 Å². The zero-order chi connectivity index (χ0) is 14.6. The first-order chi connectivity index (χ1) is 8.85. The highest BCUT2D eigenvalue weighted by Crippen LogP contribution is 2.32. The third kappa shape index (κ3) is 4.50. The number of benzene rings is 1. The number of hydrogen-bond acceptors (Lipinski definition) is 3. The van der Waals surface area contributed by atoms with Gasteiger partial charge in [-0.2, -0.15) is 0 Å². The van der Waals surface area contributed by atoms with Crippen LogP contribution in [0.25, 0.3) is 0 Å². The summed E-state index contributed by atoms with van der Waals surface area (Å²) in [5.41, 5.74) is 1.86. The molecule has 3 amide bonds. The quantitative estimate of drug-likeness (QED) is 0.740. The highest BCUT2D eigenvalue weighted by Gasteiger charge is 2.17. The van der Waals surface area contributed by atoms with Gasteiger partial charge in [0, 0.05) is 16.0 Å². The van der Waals surface area contributed by atoms with Gasteiger partial charge in [-0.05, 0) is 63.4 Å². The zero-order valence-corrected chi connectivity index (χ0v) is 14.0. The minimum atomic E-state index is -0.549. The van der Waals surface area contributed by atoms with Crippen molar-refractivity contribution in [3.63, 3.8) is 0 Å². The molecule has 19 heavy (non-hydrogen) atoms. The van der Waals surface area contributed by atoms with E-state index in [1.54, 1.807) is 6.92 Å². The number of amides is 3. The van der Waals surface area contributed by atoms with Crippen molar-refractivity contribution in [2.24, 2.45) is 0 Å². The van der Waals surface area contributed by atoms with Crippen LogP contribution in [0.3, 0.4) is 0 Å². The maximum absolute atomic E-state index is 11.7. The zero-order valence-electron chi connectivity index (χ0n) is 10.8. The highest BCUT2D eigenvalue weighted by molar-refractivity contribution is 9.11. The van der Waals surface area contributed by atoms with Gasteiger partial charge in [-0.1, -0.05) is 0 Å². The maximum atomic E-state index is 11.7. The molecule has 0 saturated heterocycles. The van der Waals surface area contributed by atoms with Gasteiger partial charge < -0.3 is 10.6 Å². The molecule has 0 aliphatic rings. The van der Waals surface area contributed by atoms with Crippen molar-refractivity contribution in [3.8, 4) is 0 Å². The molecular formula is C12H15Br2N3O2. The molecular weight excluding hydrogens is 378 g/mol. The highest BCUT2D eigenvalue weighted by atomic mass is 79.9. The standard InChI is InChI=1S/C12H15Br2N3O2/c1-6-4-8(13)10(9(14)5-6)16-7(2)11(18)17-12(19)15-3/h4-5,7,16H,1-3H3,(H2,15,17,18,19). The van der Waals surface area contributed by atoms with Gasteiger partial charge in [-0.15, -0.1) is 0 Å². The predicted molar refractivity (Wildman–Crippen MR) is 82.3 cm³/mol. The second-order valence-electron chi connectivity index (χ2n) is 4.04. The largest absolute Gasteiger partial charge is 0.372 e. The van der Waals surface area contributed by atoms with E-state index in [9.17, 15) is 9.59 Å². The topological polar surface area (TPSA) is 70.2 Å². The molecule has 7 heteroatoms. The predicted octanol–water partition coefficient (Wildman–Crippen LogP) is 2.78. The third-order valence-electron chi connectivity index (χ3n) is 2.40. The van der Waals surface area contributed by atoms with Crippen LogP contribution in [-0.2, 0) is 4.79 Å². The number of hydrogen-bond donors (Lipinski definition) is 3. The number of anilines is 1. The van der Waals surface area contributed by atoms with Crippen LogP contribution < -0.4 is 16.0 Å². The van der Waals surface area contributed by atoms with Crippen molar-refractivity contribution < 1.29 is 9.59 Å². The molecule has 0 saturated carbocycles. The van der Waals surface area contributed by atoms with Crippen LogP contribution in [-0.4, -0.2) is 25.0 Å². The molecule has 0 aliphatic heterocycles. The average molecular weight is 393 g/mol. The summed E-state index contributed by atoms with van der Waals surface area (Å²) in [4.78, 5) is 22.8. The molecule has 0 aliphatic carbocycles. The lowest BCUT2D eigenvalue weighted by Crippen LogP contribution is -2.44. The Labute approximate surface area is 128 Å². The summed E-state index contributed by atoms with van der Waals surface area (Å²) in [6, 6.07) is 2.81. The summed E-state index contributed by atoms with van der Waals surface area (Å²) in [6.07, 6.45) is 0. The number of carbonyl (C=O) groups is 2. The summed E-state index contributed by atoms with van der Waals surface area (Å²) in [5.74, 6) is -0.404. The SMILES string of the molecule is CNC(=O)NC(=O)C(C)Nc1c(Br)cc(C)cc1Br. The van der Waals surface area contributed by atoms with Gasteiger partial charge in [0.25, 0.3) is 0 Å². The molecule has 0 fully saturated rings. The Bertz CT molecular complexity index is 483. The van der Waals surface area contributed by atoms with Crippen molar-refractivity contribution >= 4 is 49.5 Å². The number of urea groups is 1. The number of rotatable bonds is 3. The summed E-state index contributed by atoms with van der Waals surface area (Å²) < 4.78 is 1.69. The molecule has 1 aromatic carbocycles. The number of imide groups is 1. The van der Waals surface area contributed by atoms with Crippen molar-refractivity contribution in [1.82, 2.24) is 10.6 Å². The first kappa shape index (κ1) is 16.0. The van der Waals surface area contributed by atoms with E-state index >= 15 is 0 Å². The van der Waals surface area contributed by atoms with Gasteiger partial charge in [-0.25, -0.2) is 4.79 Å². The van der Waals surface area contributed by atoms with Gasteiger partial charge in [-0.3, -0.25) is 10.1 Å². The van der Waals surface area contributed by atoms with E-state index in [1.807, 2.05) is 19.1 Å². The number of halogens is 2. The minimum absolute atomic E-state index is 0.404. The smallest absolute Gasteiger partial charge is 0.321 e. The normalized spacial score (nSPS) is 11.6. The second-order valence-corrected chi connectivity index (χ2v) is 5.75. The molecule has 1 rings (SSSR count). The molecule has 1 atom stereocenters. The van der Waals surface area contributed by atoms with E-state index < -0.39 is 18.0 Å². The number of carbonyl (C=O) groups excluding carboxylic acids is 2. The van der Waals surface area contributed by atoms with E-state index in [0.717, 1.165) is 20.2 Å². The van der Waals surface area contributed by atoms with Gasteiger partial charge >= 0.3 is 6.03 Å². The van der Waals surface area contributed by atoms with Gasteiger partial charge in [0.05, 0.1) is 5.69 Å². The van der Waals surface area contributed by atoms with Crippen LogP contribution in [0.1, 0.15) is 12.5 Å². The molecule has 104 valence electrons. The lowest BCUT2D eigenvalue weighted by atomic mass is 10.2. The Balaban J connectivity index is 2.80. The molecule has 0 radical (unpaired) electrons. The Morgan fingerprint density at radius 1 is 1.21 bits per heavy atom. The fourth-order valence-corrected chi connectivity index (χ4v) is 3.05. The van der Waals surface area contributed by atoms with Gasteiger partial charge in [0.15, 0.2) is 0 Å². The monoisotopic (exact) mass is 391 g/mol. The third-order valence-corrected chi connectivity index (χ3v) is 3.66.